The summed E-state index contributed by atoms with van der Waals surface area (Å²) in [6, 6.07) is 19.3. The van der Waals surface area contributed by atoms with E-state index in [1.807, 2.05) is 0 Å². The molecular weight excluding hydrogens is 314 g/mol. The Balaban J connectivity index is 1.46. The van der Waals surface area contributed by atoms with Gasteiger partial charge in [0.25, 0.3) is 0 Å². The zero-order valence-corrected chi connectivity index (χ0v) is 14.8. The summed E-state index contributed by atoms with van der Waals surface area (Å²) in [5, 5.41) is 9.91. The third-order valence-corrected chi connectivity index (χ3v) is 5.91. The molecule has 1 heterocycles. The number of nitrogens with zero attached hydrogens (tertiary/aromatic N) is 3. The summed E-state index contributed by atoms with van der Waals surface area (Å²) in [7, 11) is 2.09. The Morgan fingerprint density at radius 1 is 1.00 bits per heavy atom. The summed E-state index contributed by atoms with van der Waals surface area (Å²) in [5.74, 6) is 3.17. The maximum Gasteiger partial charge on any atom is 0.191 e. The van der Waals surface area contributed by atoms with Gasteiger partial charge in [0.15, 0.2) is 5.16 Å². The first kappa shape index (κ1) is 15.5. The maximum atomic E-state index is 4.48. The van der Waals surface area contributed by atoms with Crippen molar-refractivity contribution in [1.82, 2.24) is 14.8 Å². The van der Waals surface area contributed by atoms with Crippen LogP contribution in [0.2, 0.25) is 0 Å². The van der Waals surface area contributed by atoms with Crippen LogP contribution in [0.5, 0.6) is 0 Å². The molecule has 122 valence electrons. The Hall–Kier alpha value is -2.07. The highest BCUT2D eigenvalue weighted by atomic mass is 32.2. The van der Waals surface area contributed by atoms with Gasteiger partial charge < -0.3 is 4.57 Å². The van der Waals surface area contributed by atoms with Crippen LogP contribution in [-0.4, -0.2) is 14.8 Å². The molecule has 1 aliphatic rings. The summed E-state index contributed by atoms with van der Waals surface area (Å²) in [4.78, 5) is 0. The van der Waals surface area contributed by atoms with E-state index in [2.05, 4.69) is 83.3 Å². The van der Waals surface area contributed by atoms with E-state index >= 15 is 0 Å². The van der Waals surface area contributed by atoms with Crippen LogP contribution < -0.4 is 0 Å². The lowest BCUT2D eigenvalue weighted by Crippen LogP contribution is -1.99. The molecule has 24 heavy (non-hydrogen) atoms. The number of hydrogen-bond donors (Lipinski definition) is 0. The maximum absolute atomic E-state index is 4.48. The van der Waals surface area contributed by atoms with Gasteiger partial charge in [0, 0.05) is 18.7 Å². The first-order valence-electron chi connectivity index (χ1n) is 8.35. The molecule has 0 bridgehead atoms. The van der Waals surface area contributed by atoms with Crippen LogP contribution in [0, 0.1) is 6.92 Å². The van der Waals surface area contributed by atoms with Crippen molar-refractivity contribution in [1.29, 1.82) is 0 Å². The van der Waals surface area contributed by atoms with E-state index in [-0.39, 0.29) is 0 Å². The molecule has 3 nitrogen and oxygen atoms in total. The van der Waals surface area contributed by atoms with Crippen molar-refractivity contribution in [3.8, 4) is 0 Å². The Morgan fingerprint density at radius 2 is 1.75 bits per heavy atom. The summed E-state index contributed by atoms with van der Waals surface area (Å²) in [6.07, 6.45) is 1.18. The summed E-state index contributed by atoms with van der Waals surface area (Å²) < 4.78 is 2.18. The Morgan fingerprint density at radius 3 is 2.54 bits per heavy atom. The molecule has 0 spiro atoms. The smallest absolute Gasteiger partial charge is 0.191 e. The molecule has 4 rings (SSSR count). The van der Waals surface area contributed by atoms with Crippen molar-refractivity contribution in [2.45, 2.75) is 36.1 Å². The van der Waals surface area contributed by atoms with E-state index in [1.165, 1.54) is 23.1 Å². The third kappa shape index (κ3) is 2.98. The fourth-order valence-corrected chi connectivity index (χ4v) is 4.23. The number of aromatic nitrogens is 3. The summed E-state index contributed by atoms with van der Waals surface area (Å²) >= 11 is 1.77. The van der Waals surface area contributed by atoms with Gasteiger partial charge in [-0.2, -0.15) is 0 Å². The molecule has 2 unspecified atom stereocenters. The van der Waals surface area contributed by atoms with Crippen molar-refractivity contribution in [2.75, 3.05) is 0 Å². The van der Waals surface area contributed by atoms with E-state index in [4.69, 9.17) is 0 Å². The van der Waals surface area contributed by atoms with Gasteiger partial charge in [-0.25, -0.2) is 0 Å². The van der Waals surface area contributed by atoms with Crippen LogP contribution in [0.15, 0.2) is 59.8 Å². The molecule has 1 saturated carbocycles. The van der Waals surface area contributed by atoms with Gasteiger partial charge in [0.05, 0.1) is 0 Å². The average molecular weight is 335 g/mol. The van der Waals surface area contributed by atoms with E-state index in [1.54, 1.807) is 11.8 Å². The molecule has 0 N–H and O–H groups in total. The van der Waals surface area contributed by atoms with Gasteiger partial charge >= 0.3 is 0 Å². The molecule has 1 aromatic heterocycles. The highest BCUT2D eigenvalue weighted by Gasteiger charge is 2.42. The topological polar surface area (TPSA) is 30.7 Å². The van der Waals surface area contributed by atoms with Crippen molar-refractivity contribution < 1.29 is 0 Å². The van der Waals surface area contributed by atoms with Crippen molar-refractivity contribution in [3.05, 3.63) is 77.1 Å². The number of thioether (sulfide) groups is 1. The fraction of sp³-hybridized carbons (Fsp3) is 0.300. The van der Waals surface area contributed by atoms with Gasteiger partial charge in [-0.3, -0.25) is 0 Å². The Bertz CT molecular complexity index is 841. The molecule has 0 radical (unpaired) electrons. The molecule has 4 heteroatoms. The lowest BCUT2D eigenvalue weighted by Gasteiger charge is -2.06. The zero-order valence-electron chi connectivity index (χ0n) is 14.0. The molecule has 2 atom stereocenters. The molecule has 2 aromatic carbocycles. The Kier molecular flexibility index (Phi) is 4.15. The van der Waals surface area contributed by atoms with E-state index < -0.39 is 0 Å². The average Bonchev–Trinajstić information content (AvgIpc) is 3.32. The Labute approximate surface area is 147 Å². The molecular formula is C20H21N3S. The van der Waals surface area contributed by atoms with Crippen LogP contribution in [0.4, 0.5) is 0 Å². The predicted octanol–water partition coefficient (Wildman–Crippen LogP) is 4.69. The number of hydrogen-bond acceptors (Lipinski definition) is 3. The lowest BCUT2D eigenvalue weighted by molar-refractivity contribution is 0.730. The second-order valence-corrected chi connectivity index (χ2v) is 7.42. The molecule has 3 aromatic rings. The molecule has 0 saturated heterocycles. The summed E-state index contributed by atoms with van der Waals surface area (Å²) in [6.45, 7) is 2.16. The van der Waals surface area contributed by atoms with Gasteiger partial charge in [0.2, 0.25) is 0 Å². The molecule has 1 aliphatic carbocycles. The number of aryl methyl sites for hydroxylation is 1. The number of rotatable bonds is 5. The van der Waals surface area contributed by atoms with Crippen LogP contribution >= 0.6 is 11.8 Å². The molecule has 0 amide bonds. The summed E-state index contributed by atoms with van der Waals surface area (Å²) in [5.41, 5.74) is 4.11. The van der Waals surface area contributed by atoms with Crippen molar-refractivity contribution in [3.63, 3.8) is 0 Å². The second kappa shape index (κ2) is 6.44. The third-order valence-electron chi connectivity index (χ3n) is 4.84. The zero-order chi connectivity index (χ0) is 16.5. The van der Waals surface area contributed by atoms with Gasteiger partial charge in [-0.05, 0) is 36.0 Å². The van der Waals surface area contributed by atoms with Crippen LogP contribution in [0.3, 0.4) is 0 Å². The highest BCUT2D eigenvalue weighted by molar-refractivity contribution is 7.98. The largest absolute Gasteiger partial charge is 0.309 e. The first-order valence-corrected chi connectivity index (χ1v) is 9.34. The standard InChI is InChI=1S/C20H21N3S/c1-14-8-6-7-11-16(14)13-24-20-22-21-19(23(20)2)18-12-17(18)15-9-4-3-5-10-15/h3-11,17-18H,12-13H2,1-2H3. The van der Waals surface area contributed by atoms with Gasteiger partial charge in [-0.1, -0.05) is 66.4 Å². The van der Waals surface area contributed by atoms with E-state index in [0.29, 0.717) is 11.8 Å². The van der Waals surface area contributed by atoms with Crippen molar-refractivity contribution in [2.24, 2.45) is 7.05 Å². The van der Waals surface area contributed by atoms with E-state index in [9.17, 15) is 0 Å². The minimum absolute atomic E-state index is 0.512. The molecule has 0 aliphatic heterocycles. The van der Waals surface area contributed by atoms with Crippen molar-refractivity contribution >= 4 is 11.8 Å². The van der Waals surface area contributed by atoms with Gasteiger partial charge in [0.1, 0.15) is 5.82 Å². The quantitative estimate of drug-likeness (QED) is 0.634. The second-order valence-electron chi connectivity index (χ2n) is 6.47. The first-order chi connectivity index (χ1) is 11.7. The minimum Gasteiger partial charge on any atom is -0.309 e. The SMILES string of the molecule is Cc1ccccc1CSc1nnc(C2CC2c2ccccc2)n1C. The minimum atomic E-state index is 0.512. The lowest BCUT2D eigenvalue weighted by atomic mass is 10.1. The predicted molar refractivity (Wildman–Crippen MR) is 98.3 cm³/mol. The van der Waals surface area contributed by atoms with Crippen LogP contribution in [0.1, 0.15) is 40.8 Å². The number of benzene rings is 2. The monoisotopic (exact) mass is 335 g/mol. The fourth-order valence-electron chi connectivity index (χ4n) is 3.24. The van der Waals surface area contributed by atoms with Crippen LogP contribution in [-0.2, 0) is 12.8 Å². The van der Waals surface area contributed by atoms with Gasteiger partial charge in [-0.15, -0.1) is 10.2 Å². The van der Waals surface area contributed by atoms with Crippen LogP contribution in [0.25, 0.3) is 0 Å². The normalized spacial score (nSPS) is 19.4. The van der Waals surface area contributed by atoms with E-state index in [0.717, 1.165) is 16.7 Å². The molecule has 1 fully saturated rings. The highest BCUT2D eigenvalue weighted by Crippen LogP contribution is 2.54.